The lowest BCUT2D eigenvalue weighted by Crippen LogP contribution is -2.46. The van der Waals surface area contributed by atoms with Crippen molar-refractivity contribution in [3.05, 3.63) is 23.9 Å². The molecule has 1 aliphatic rings. The lowest BCUT2D eigenvalue weighted by Gasteiger charge is -2.27. The smallest absolute Gasteiger partial charge is 0.255 e. The molecule has 0 aliphatic heterocycles. The highest BCUT2D eigenvalue weighted by Crippen LogP contribution is 2.36. The van der Waals surface area contributed by atoms with Gasteiger partial charge in [-0.25, -0.2) is 13.4 Å². The third-order valence-corrected chi connectivity index (χ3v) is 6.29. The Kier molecular flexibility index (Phi) is 4.51. The molecule has 1 aliphatic carbocycles. The predicted octanol–water partition coefficient (Wildman–Crippen LogP) is 1.21. The van der Waals surface area contributed by atoms with E-state index in [4.69, 9.17) is 0 Å². The van der Waals surface area contributed by atoms with E-state index >= 15 is 0 Å². The van der Waals surface area contributed by atoms with Crippen molar-refractivity contribution in [1.29, 1.82) is 0 Å². The summed E-state index contributed by atoms with van der Waals surface area (Å²) < 4.78 is 23.3. The largest absolute Gasteiger partial charge is 0.372 e. The first-order valence-electron chi connectivity index (χ1n) is 7.00. The molecule has 21 heavy (non-hydrogen) atoms. The molecule has 116 valence electrons. The van der Waals surface area contributed by atoms with Gasteiger partial charge < -0.3 is 10.6 Å². The van der Waals surface area contributed by atoms with Gasteiger partial charge in [-0.1, -0.05) is 12.8 Å². The Morgan fingerprint density at radius 1 is 1.38 bits per heavy atom. The summed E-state index contributed by atoms with van der Waals surface area (Å²) in [5.74, 6) is 0.178. The van der Waals surface area contributed by atoms with Crippen molar-refractivity contribution < 1.29 is 13.2 Å². The van der Waals surface area contributed by atoms with Gasteiger partial charge in [-0.15, -0.1) is 0 Å². The predicted molar refractivity (Wildman–Crippen MR) is 82.2 cm³/mol. The molecular weight excluding hydrogens is 290 g/mol. The normalized spacial score (nSPS) is 17.4. The first-order chi connectivity index (χ1) is 9.89. The molecule has 1 fully saturated rings. The third-order valence-electron chi connectivity index (χ3n) is 4.16. The van der Waals surface area contributed by atoms with Crippen LogP contribution in [0.5, 0.6) is 0 Å². The second-order valence-electron chi connectivity index (χ2n) is 5.49. The van der Waals surface area contributed by atoms with E-state index in [9.17, 15) is 13.2 Å². The SMILES string of the molecule is CNc1ncccc1C(=O)NCC1(S(C)(=O)=O)CCCC1. The third kappa shape index (κ3) is 3.18. The van der Waals surface area contributed by atoms with Gasteiger partial charge in [0.25, 0.3) is 5.91 Å². The van der Waals surface area contributed by atoms with Gasteiger partial charge in [-0.05, 0) is 25.0 Å². The van der Waals surface area contributed by atoms with Crippen LogP contribution in [-0.4, -0.2) is 43.9 Å². The van der Waals surface area contributed by atoms with Crippen LogP contribution in [0.3, 0.4) is 0 Å². The molecule has 2 rings (SSSR count). The van der Waals surface area contributed by atoms with Gasteiger partial charge in [0.2, 0.25) is 0 Å². The quantitative estimate of drug-likeness (QED) is 0.853. The van der Waals surface area contributed by atoms with E-state index in [1.165, 1.54) is 6.26 Å². The van der Waals surface area contributed by atoms with Crippen molar-refractivity contribution in [3.8, 4) is 0 Å². The van der Waals surface area contributed by atoms with Gasteiger partial charge in [0.15, 0.2) is 9.84 Å². The topological polar surface area (TPSA) is 88.2 Å². The summed E-state index contributed by atoms with van der Waals surface area (Å²) in [5, 5.41) is 5.62. The van der Waals surface area contributed by atoms with Crippen LogP contribution in [0, 0.1) is 0 Å². The van der Waals surface area contributed by atoms with Gasteiger partial charge in [0.1, 0.15) is 5.82 Å². The average Bonchev–Trinajstić information content (AvgIpc) is 2.94. The van der Waals surface area contributed by atoms with Crippen LogP contribution in [0.1, 0.15) is 36.0 Å². The van der Waals surface area contributed by atoms with E-state index in [0.29, 0.717) is 24.2 Å². The number of sulfone groups is 1. The monoisotopic (exact) mass is 311 g/mol. The number of nitrogens with zero attached hydrogens (tertiary/aromatic N) is 1. The Morgan fingerprint density at radius 3 is 2.62 bits per heavy atom. The highest BCUT2D eigenvalue weighted by Gasteiger charge is 2.43. The van der Waals surface area contributed by atoms with Gasteiger partial charge >= 0.3 is 0 Å². The number of carbonyl (C=O) groups is 1. The number of hydrogen-bond donors (Lipinski definition) is 2. The number of carbonyl (C=O) groups excluding carboxylic acids is 1. The maximum absolute atomic E-state index is 12.3. The molecular formula is C14H21N3O3S. The van der Waals surface area contributed by atoms with E-state index in [-0.39, 0.29) is 12.5 Å². The molecule has 7 heteroatoms. The number of rotatable bonds is 5. The Bertz CT molecular complexity index is 622. The summed E-state index contributed by atoms with van der Waals surface area (Å²) in [6.07, 6.45) is 5.84. The Morgan fingerprint density at radius 2 is 2.05 bits per heavy atom. The highest BCUT2D eigenvalue weighted by atomic mass is 32.2. The zero-order valence-corrected chi connectivity index (χ0v) is 13.2. The van der Waals surface area contributed by atoms with E-state index in [0.717, 1.165) is 12.8 Å². The van der Waals surface area contributed by atoms with Gasteiger partial charge in [-0.2, -0.15) is 0 Å². The molecule has 0 aromatic carbocycles. The molecule has 0 saturated heterocycles. The van der Waals surface area contributed by atoms with Crippen LogP contribution >= 0.6 is 0 Å². The molecule has 0 bridgehead atoms. The van der Waals surface area contributed by atoms with Crippen LogP contribution in [0.15, 0.2) is 18.3 Å². The average molecular weight is 311 g/mol. The molecule has 1 saturated carbocycles. The maximum Gasteiger partial charge on any atom is 0.255 e. The van der Waals surface area contributed by atoms with Gasteiger partial charge in [0.05, 0.1) is 10.3 Å². The van der Waals surface area contributed by atoms with Crippen molar-refractivity contribution >= 4 is 21.6 Å². The summed E-state index contributed by atoms with van der Waals surface area (Å²) in [5.41, 5.74) is 0.418. The van der Waals surface area contributed by atoms with Crippen molar-refractivity contribution in [2.45, 2.75) is 30.4 Å². The number of anilines is 1. The lowest BCUT2D eigenvalue weighted by molar-refractivity contribution is 0.0950. The summed E-state index contributed by atoms with van der Waals surface area (Å²) in [6.45, 7) is 0.155. The fourth-order valence-corrected chi connectivity index (χ4v) is 4.19. The first kappa shape index (κ1) is 15.8. The molecule has 0 spiro atoms. The molecule has 1 amide bonds. The van der Waals surface area contributed by atoms with E-state index in [1.807, 2.05) is 0 Å². The van der Waals surface area contributed by atoms with Crippen LogP contribution < -0.4 is 10.6 Å². The fraction of sp³-hybridized carbons (Fsp3) is 0.571. The van der Waals surface area contributed by atoms with Crippen molar-refractivity contribution in [2.24, 2.45) is 0 Å². The molecule has 0 radical (unpaired) electrons. The number of pyridine rings is 1. The molecule has 1 aromatic heterocycles. The second kappa shape index (κ2) is 6.01. The number of aromatic nitrogens is 1. The summed E-state index contributed by atoms with van der Waals surface area (Å²) in [4.78, 5) is 16.3. The van der Waals surface area contributed by atoms with Crippen molar-refractivity contribution in [3.63, 3.8) is 0 Å². The van der Waals surface area contributed by atoms with Crippen LogP contribution in [0.4, 0.5) is 5.82 Å². The Labute approximate surface area is 125 Å². The summed E-state index contributed by atoms with van der Waals surface area (Å²) in [6, 6.07) is 3.34. The number of nitrogens with one attached hydrogen (secondary N) is 2. The van der Waals surface area contributed by atoms with Crippen LogP contribution in [-0.2, 0) is 9.84 Å². The zero-order chi connectivity index (χ0) is 15.5. The maximum atomic E-state index is 12.3. The van der Waals surface area contributed by atoms with Crippen LogP contribution in [0.25, 0.3) is 0 Å². The summed E-state index contributed by atoms with van der Waals surface area (Å²) >= 11 is 0. The molecule has 0 unspecified atom stereocenters. The Balaban J connectivity index is 2.13. The molecule has 6 nitrogen and oxygen atoms in total. The van der Waals surface area contributed by atoms with Crippen LogP contribution in [0.2, 0.25) is 0 Å². The van der Waals surface area contributed by atoms with Crippen molar-refractivity contribution in [2.75, 3.05) is 25.2 Å². The minimum Gasteiger partial charge on any atom is -0.372 e. The first-order valence-corrected chi connectivity index (χ1v) is 8.89. The standard InChI is InChI=1S/C14H21N3O3S/c1-15-12-11(6-5-9-16-12)13(18)17-10-14(21(2,19)20)7-3-4-8-14/h5-6,9H,3-4,7-8,10H2,1-2H3,(H,15,16)(H,17,18). The molecule has 0 atom stereocenters. The Hall–Kier alpha value is -1.63. The summed E-state index contributed by atoms with van der Waals surface area (Å²) in [7, 11) is -1.52. The van der Waals surface area contributed by atoms with E-state index in [2.05, 4.69) is 15.6 Å². The van der Waals surface area contributed by atoms with Gasteiger partial charge in [0, 0.05) is 26.0 Å². The van der Waals surface area contributed by atoms with E-state index in [1.54, 1.807) is 25.4 Å². The molecule has 1 aromatic rings. The fourth-order valence-electron chi connectivity index (χ4n) is 2.82. The highest BCUT2D eigenvalue weighted by molar-refractivity contribution is 7.92. The lowest BCUT2D eigenvalue weighted by atomic mass is 10.1. The minimum atomic E-state index is -3.20. The molecule has 1 heterocycles. The minimum absolute atomic E-state index is 0.155. The number of hydrogen-bond acceptors (Lipinski definition) is 5. The van der Waals surface area contributed by atoms with E-state index < -0.39 is 14.6 Å². The zero-order valence-electron chi connectivity index (χ0n) is 12.3. The second-order valence-corrected chi connectivity index (χ2v) is 7.90. The number of amides is 1. The van der Waals surface area contributed by atoms with Crippen molar-refractivity contribution in [1.82, 2.24) is 10.3 Å². The molecule has 2 N–H and O–H groups in total. The van der Waals surface area contributed by atoms with Gasteiger partial charge in [-0.3, -0.25) is 4.79 Å².